The number of amides is 1. The summed E-state index contributed by atoms with van der Waals surface area (Å²) >= 11 is 0. The molecule has 1 saturated carbocycles. The molecular formula is C18H25NO4. The molecule has 1 unspecified atom stereocenters. The van der Waals surface area contributed by atoms with Crippen LogP contribution in [-0.4, -0.2) is 29.6 Å². The molecule has 1 aromatic carbocycles. The average Bonchev–Trinajstić information content (AvgIpc) is 3.01. The Morgan fingerprint density at radius 1 is 1.35 bits per heavy atom. The van der Waals surface area contributed by atoms with Gasteiger partial charge in [-0.05, 0) is 43.2 Å². The highest BCUT2D eigenvalue weighted by Gasteiger charge is 2.30. The molecule has 2 rings (SSSR count). The second-order valence-corrected chi connectivity index (χ2v) is 6.25. The van der Waals surface area contributed by atoms with Crippen molar-refractivity contribution < 1.29 is 19.4 Å². The number of carbonyl (C=O) groups is 2. The molecule has 1 amide bonds. The van der Waals surface area contributed by atoms with Gasteiger partial charge in [0.25, 0.3) is 5.91 Å². The highest BCUT2D eigenvalue weighted by Crippen LogP contribution is 2.28. The van der Waals surface area contributed by atoms with Gasteiger partial charge < -0.3 is 15.2 Å². The monoisotopic (exact) mass is 319 g/mol. The molecule has 1 aliphatic rings. The Morgan fingerprint density at radius 2 is 2.09 bits per heavy atom. The zero-order chi connectivity index (χ0) is 16.8. The summed E-state index contributed by atoms with van der Waals surface area (Å²) in [5.74, 6) is -0.194. The highest BCUT2D eigenvalue weighted by molar-refractivity contribution is 5.78. The van der Waals surface area contributed by atoms with Gasteiger partial charge in [-0.2, -0.15) is 0 Å². The van der Waals surface area contributed by atoms with Gasteiger partial charge in [0.2, 0.25) is 0 Å². The molecule has 0 aliphatic heterocycles. The van der Waals surface area contributed by atoms with Gasteiger partial charge in [-0.1, -0.05) is 32.0 Å². The molecule has 5 heteroatoms. The summed E-state index contributed by atoms with van der Waals surface area (Å²) in [6, 6.07) is 7.71. The summed E-state index contributed by atoms with van der Waals surface area (Å²) in [6.07, 6.45) is 2.85. The molecule has 1 aromatic rings. The average molecular weight is 319 g/mol. The summed E-state index contributed by atoms with van der Waals surface area (Å²) in [7, 11) is 0. The van der Waals surface area contributed by atoms with E-state index < -0.39 is 5.97 Å². The molecule has 126 valence electrons. The summed E-state index contributed by atoms with van der Waals surface area (Å²) in [5, 5.41) is 11.9. The Hall–Kier alpha value is -2.04. The molecule has 0 aromatic heterocycles. The van der Waals surface area contributed by atoms with Crippen LogP contribution in [0.2, 0.25) is 0 Å². The number of hydrogen-bond donors (Lipinski definition) is 2. The zero-order valence-corrected chi connectivity index (χ0v) is 13.7. The smallest absolute Gasteiger partial charge is 0.306 e. The van der Waals surface area contributed by atoms with Crippen LogP contribution >= 0.6 is 0 Å². The molecule has 0 radical (unpaired) electrons. The quantitative estimate of drug-likeness (QED) is 0.810. The number of hydrogen-bond acceptors (Lipinski definition) is 3. The SMILES string of the molecule is CCC(C)c1ccccc1OCC(=O)N[C@@H]1CC[C@H](C(=O)O)C1. The van der Waals surface area contributed by atoms with Crippen LogP contribution in [0.25, 0.3) is 0 Å². The van der Waals surface area contributed by atoms with Crippen LogP contribution in [0.5, 0.6) is 5.75 Å². The summed E-state index contributed by atoms with van der Waals surface area (Å²) < 4.78 is 5.68. The van der Waals surface area contributed by atoms with Crippen molar-refractivity contribution in [2.75, 3.05) is 6.61 Å². The van der Waals surface area contributed by atoms with Crippen molar-refractivity contribution in [2.24, 2.45) is 5.92 Å². The van der Waals surface area contributed by atoms with Crippen molar-refractivity contribution in [3.63, 3.8) is 0 Å². The molecule has 3 atom stereocenters. The van der Waals surface area contributed by atoms with E-state index in [4.69, 9.17) is 9.84 Å². The van der Waals surface area contributed by atoms with E-state index in [1.807, 2.05) is 24.3 Å². The van der Waals surface area contributed by atoms with Crippen LogP contribution in [0.3, 0.4) is 0 Å². The van der Waals surface area contributed by atoms with Gasteiger partial charge in [-0.3, -0.25) is 9.59 Å². The third-order valence-electron chi connectivity index (χ3n) is 4.57. The normalized spacial score (nSPS) is 21.7. The van der Waals surface area contributed by atoms with Crippen LogP contribution in [0.1, 0.15) is 51.0 Å². The van der Waals surface area contributed by atoms with E-state index in [1.165, 1.54) is 0 Å². The van der Waals surface area contributed by atoms with Gasteiger partial charge in [-0.15, -0.1) is 0 Å². The van der Waals surface area contributed by atoms with E-state index in [0.717, 1.165) is 17.7 Å². The minimum Gasteiger partial charge on any atom is -0.483 e. The third-order valence-corrected chi connectivity index (χ3v) is 4.57. The lowest BCUT2D eigenvalue weighted by Crippen LogP contribution is -2.36. The number of benzene rings is 1. The predicted molar refractivity (Wildman–Crippen MR) is 87.6 cm³/mol. The van der Waals surface area contributed by atoms with E-state index >= 15 is 0 Å². The van der Waals surface area contributed by atoms with Crippen LogP contribution in [0.4, 0.5) is 0 Å². The number of nitrogens with one attached hydrogen (secondary N) is 1. The van der Waals surface area contributed by atoms with Crippen molar-refractivity contribution in [3.05, 3.63) is 29.8 Å². The highest BCUT2D eigenvalue weighted by atomic mass is 16.5. The first kappa shape index (κ1) is 17.3. The van der Waals surface area contributed by atoms with Crippen LogP contribution in [0.15, 0.2) is 24.3 Å². The molecule has 1 aliphatic carbocycles. The van der Waals surface area contributed by atoms with Gasteiger partial charge in [0.1, 0.15) is 5.75 Å². The number of aliphatic carboxylic acids is 1. The van der Waals surface area contributed by atoms with E-state index in [2.05, 4.69) is 19.2 Å². The fourth-order valence-electron chi connectivity index (χ4n) is 2.99. The Balaban J connectivity index is 1.85. The Bertz CT molecular complexity index is 558. The summed E-state index contributed by atoms with van der Waals surface area (Å²) in [5.41, 5.74) is 1.11. The van der Waals surface area contributed by atoms with E-state index in [0.29, 0.717) is 25.2 Å². The number of para-hydroxylation sites is 1. The molecule has 2 N–H and O–H groups in total. The lowest BCUT2D eigenvalue weighted by atomic mass is 9.98. The largest absolute Gasteiger partial charge is 0.483 e. The molecule has 0 spiro atoms. The number of ether oxygens (including phenoxy) is 1. The predicted octanol–water partition coefficient (Wildman–Crippen LogP) is 2.95. The Kier molecular flexibility index (Phi) is 6.02. The van der Waals surface area contributed by atoms with Gasteiger partial charge in [0, 0.05) is 6.04 Å². The van der Waals surface area contributed by atoms with Crippen molar-refractivity contribution in [1.82, 2.24) is 5.32 Å². The maximum absolute atomic E-state index is 12.0. The van der Waals surface area contributed by atoms with E-state index in [9.17, 15) is 9.59 Å². The van der Waals surface area contributed by atoms with Crippen LogP contribution in [-0.2, 0) is 9.59 Å². The van der Waals surface area contributed by atoms with E-state index in [-0.39, 0.29) is 24.5 Å². The minimum atomic E-state index is -0.777. The fourth-order valence-corrected chi connectivity index (χ4v) is 2.99. The first-order valence-electron chi connectivity index (χ1n) is 8.25. The number of carboxylic acid groups (broad SMARTS) is 1. The zero-order valence-electron chi connectivity index (χ0n) is 13.7. The second kappa shape index (κ2) is 7.99. The molecule has 0 saturated heterocycles. The molecule has 0 bridgehead atoms. The van der Waals surface area contributed by atoms with Gasteiger partial charge in [0.05, 0.1) is 5.92 Å². The van der Waals surface area contributed by atoms with Crippen molar-refractivity contribution in [2.45, 2.75) is 51.5 Å². The molecular weight excluding hydrogens is 294 g/mol. The Morgan fingerprint density at radius 3 is 2.74 bits per heavy atom. The summed E-state index contributed by atoms with van der Waals surface area (Å²) in [6.45, 7) is 4.21. The van der Waals surface area contributed by atoms with Gasteiger partial charge >= 0.3 is 5.97 Å². The topological polar surface area (TPSA) is 75.6 Å². The fraction of sp³-hybridized carbons (Fsp3) is 0.556. The van der Waals surface area contributed by atoms with Crippen LogP contribution in [0, 0.1) is 5.92 Å². The van der Waals surface area contributed by atoms with Crippen molar-refractivity contribution in [1.29, 1.82) is 0 Å². The maximum atomic E-state index is 12.0. The lowest BCUT2D eigenvalue weighted by molar-refractivity contribution is -0.141. The van der Waals surface area contributed by atoms with Crippen molar-refractivity contribution in [3.8, 4) is 5.75 Å². The van der Waals surface area contributed by atoms with Crippen molar-refractivity contribution >= 4 is 11.9 Å². The van der Waals surface area contributed by atoms with Crippen LogP contribution < -0.4 is 10.1 Å². The molecule has 1 fully saturated rings. The standard InChI is InChI=1S/C18H25NO4/c1-3-12(2)15-6-4-5-7-16(15)23-11-17(20)19-14-9-8-13(10-14)18(21)22/h4-7,12-14H,3,8-11H2,1-2H3,(H,19,20)(H,21,22)/t12?,13-,14+/m0/s1. The Labute approximate surface area is 137 Å². The lowest BCUT2D eigenvalue weighted by Gasteiger charge is -2.17. The van der Waals surface area contributed by atoms with E-state index in [1.54, 1.807) is 0 Å². The molecule has 0 heterocycles. The first-order chi connectivity index (χ1) is 11.0. The molecule has 5 nitrogen and oxygen atoms in total. The maximum Gasteiger partial charge on any atom is 0.306 e. The minimum absolute atomic E-state index is 0.0400. The first-order valence-corrected chi connectivity index (χ1v) is 8.25. The van der Waals surface area contributed by atoms with Gasteiger partial charge in [-0.25, -0.2) is 0 Å². The third kappa shape index (κ3) is 4.71. The number of carbonyl (C=O) groups excluding carboxylic acids is 1. The molecule has 23 heavy (non-hydrogen) atoms. The number of carboxylic acids is 1. The summed E-state index contributed by atoms with van der Waals surface area (Å²) in [4.78, 5) is 23.0. The van der Waals surface area contributed by atoms with Gasteiger partial charge in [0.15, 0.2) is 6.61 Å². The number of rotatable bonds is 7. The second-order valence-electron chi connectivity index (χ2n) is 6.25.